The van der Waals surface area contributed by atoms with E-state index in [4.69, 9.17) is 15.2 Å². The van der Waals surface area contributed by atoms with Crippen LogP contribution in [0.1, 0.15) is 12.5 Å². The first-order valence-corrected chi connectivity index (χ1v) is 7.99. The van der Waals surface area contributed by atoms with Gasteiger partial charge in [-0.3, -0.25) is 0 Å². The molecule has 1 fully saturated rings. The smallest absolute Gasteiger partial charge is 0.243 e. The molecule has 3 rings (SSSR count). The van der Waals surface area contributed by atoms with Crippen LogP contribution in [0.2, 0.25) is 0 Å². The number of aryl methyl sites for hydroxylation is 1. The van der Waals surface area contributed by atoms with Crippen LogP contribution < -0.4 is 15.2 Å². The van der Waals surface area contributed by atoms with Gasteiger partial charge in [0.25, 0.3) is 0 Å². The molecule has 0 spiro atoms. The summed E-state index contributed by atoms with van der Waals surface area (Å²) in [6.07, 6.45) is 0. The molecule has 110 valence electrons. The summed E-state index contributed by atoms with van der Waals surface area (Å²) >= 11 is 0. The normalized spacial score (nSPS) is 26.1. The van der Waals surface area contributed by atoms with Crippen LogP contribution >= 0.6 is 0 Å². The molecule has 7 heteroatoms. The predicted octanol–water partition coefficient (Wildman–Crippen LogP) is 0.691. The van der Waals surface area contributed by atoms with Gasteiger partial charge in [0.15, 0.2) is 11.5 Å². The second-order valence-electron chi connectivity index (χ2n) is 5.43. The SMILES string of the molecule is Cc1cc2c(cc1S(=O)(=O)N1CC(C)C(N)C1)OCO2. The molecule has 1 saturated heterocycles. The monoisotopic (exact) mass is 298 g/mol. The van der Waals surface area contributed by atoms with Crippen LogP contribution in [-0.2, 0) is 10.0 Å². The number of sulfonamides is 1. The largest absolute Gasteiger partial charge is 0.454 e. The minimum Gasteiger partial charge on any atom is -0.454 e. The lowest BCUT2D eigenvalue weighted by Crippen LogP contribution is -2.32. The molecule has 2 aliphatic heterocycles. The van der Waals surface area contributed by atoms with Crippen molar-refractivity contribution < 1.29 is 17.9 Å². The van der Waals surface area contributed by atoms with Gasteiger partial charge < -0.3 is 15.2 Å². The minimum absolute atomic E-state index is 0.112. The highest BCUT2D eigenvalue weighted by molar-refractivity contribution is 7.89. The molecule has 1 aromatic rings. The zero-order chi connectivity index (χ0) is 14.5. The van der Waals surface area contributed by atoms with Gasteiger partial charge in [0.05, 0.1) is 4.90 Å². The highest BCUT2D eigenvalue weighted by atomic mass is 32.2. The molecule has 2 N–H and O–H groups in total. The summed E-state index contributed by atoms with van der Waals surface area (Å²) in [4.78, 5) is 0.267. The van der Waals surface area contributed by atoms with Gasteiger partial charge >= 0.3 is 0 Å². The van der Waals surface area contributed by atoms with Crippen LogP contribution in [0.3, 0.4) is 0 Å². The van der Waals surface area contributed by atoms with Crippen LogP contribution in [0.25, 0.3) is 0 Å². The van der Waals surface area contributed by atoms with Gasteiger partial charge in [-0.2, -0.15) is 4.31 Å². The minimum atomic E-state index is -3.54. The first-order chi connectivity index (χ1) is 9.39. The molecule has 2 atom stereocenters. The van der Waals surface area contributed by atoms with Crippen LogP contribution in [0.4, 0.5) is 0 Å². The molecule has 0 saturated carbocycles. The first kappa shape index (κ1) is 13.7. The van der Waals surface area contributed by atoms with Crippen LogP contribution in [0.15, 0.2) is 17.0 Å². The lowest BCUT2D eigenvalue weighted by atomic mass is 10.1. The fourth-order valence-electron chi connectivity index (χ4n) is 2.58. The number of nitrogens with zero attached hydrogens (tertiary/aromatic N) is 1. The standard InChI is InChI=1S/C13H18N2O4S/c1-8-3-11-12(19-7-18-11)4-13(8)20(16,17)15-5-9(2)10(14)6-15/h3-4,9-10H,5-7,14H2,1-2H3. The van der Waals surface area contributed by atoms with E-state index >= 15 is 0 Å². The van der Waals surface area contributed by atoms with Gasteiger partial charge in [-0.1, -0.05) is 6.92 Å². The fourth-order valence-corrected chi connectivity index (χ4v) is 4.38. The highest BCUT2D eigenvalue weighted by Crippen LogP contribution is 2.37. The van der Waals surface area contributed by atoms with Crippen molar-refractivity contribution in [2.45, 2.75) is 24.8 Å². The first-order valence-electron chi connectivity index (χ1n) is 6.55. The molecule has 20 heavy (non-hydrogen) atoms. The van der Waals surface area contributed by atoms with Gasteiger partial charge in [0.1, 0.15) is 0 Å². The van der Waals surface area contributed by atoms with Crippen molar-refractivity contribution in [3.8, 4) is 11.5 Å². The molecule has 0 radical (unpaired) electrons. The van der Waals surface area contributed by atoms with Crippen molar-refractivity contribution in [1.29, 1.82) is 0 Å². The van der Waals surface area contributed by atoms with E-state index in [-0.39, 0.29) is 23.6 Å². The topological polar surface area (TPSA) is 81.9 Å². The third-order valence-electron chi connectivity index (χ3n) is 3.92. The number of hydrogen-bond donors (Lipinski definition) is 1. The Labute approximate surface area is 118 Å². The molecule has 2 aliphatic rings. The number of benzene rings is 1. The molecule has 6 nitrogen and oxygen atoms in total. The van der Waals surface area contributed by atoms with Crippen LogP contribution in [0.5, 0.6) is 11.5 Å². The van der Waals surface area contributed by atoms with Crippen molar-refractivity contribution in [1.82, 2.24) is 4.31 Å². The molecule has 0 aliphatic carbocycles. The summed E-state index contributed by atoms with van der Waals surface area (Å²) in [5, 5.41) is 0. The maximum Gasteiger partial charge on any atom is 0.243 e. The van der Waals surface area contributed by atoms with E-state index in [1.54, 1.807) is 19.1 Å². The van der Waals surface area contributed by atoms with Gasteiger partial charge in [0, 0.05) is 25.2 Å². The molecular weight excluding hydrogens is 280 g/mol. The summed E-state index contributed by atoms with van der Waals surface area (Å²) in [5.41, 5.74) is 6.58. The molecule has 2 heterocycles. The zero-order valence-corrected chi connectivity index (χ0v) is 12.3. The summed E-state index contributed by atoms with van der Waals surface area (Å²) in [5.74, 6) is 1.23. The number of hydrogen-bond acceptors (Lipinski definition) is 5. The molecule has 0 amide bonds. The quantitative estimate of drug-likeness (QED) is 0.869. The Bertz CT molecular complexity index is 634. The Kier molecular flexibility index (Phi) is 3.15. The van der Waals surface area contributed by atoms with Crippen LogP contribution in [0, 0.1) is 12.8 Å². The van der Waals surface area contributed by atoms with E-state index in [2.05, 4.69) is 0 Å². The lowest BCUT2D eigenvalue weighted by molar-refractivity contribution is 0.174. The van der Waals surface area contributed by atoms with Gasteiger partial charge in [-0.25, -0.2) is 8.42 Å². The predicted molar refractivity (Wildman–Crippen MR) is 73.2 cm³/mol. The lowest BCUT2D eigenvalue weighted by Gasteiger charge is -2.18. The van der Waals surface area contributed by atoms with Crippen molar-refractivity contribution in [3.63, 3.8) is 0 Å². The Hall–Kier alpha value is -1.31. The molecule has 0 bridgehead atoms. The zero-order valence-electron chi connectivity index (χ0n) is 11.5. The molecular formula is C13H18N2O4S. The molecule has 2 unspecified atom stereocenters. The summed E-state index contributed by atoms with van der Waals surface area (Å²) in [6, 6.07) is 3.13. The van der Waals surface area contributed by atoms with Crippen molar-refractivity contribution in [3.05, 3.63) is 17.7 Å². The van der Waals surface area contributed by atoms with E-state index in [0.717, 1.165) is 0 Å². The van der Waals surface area contributed by atoms with E-state index in [9.17, 15) is 8.42 Å². The second kappa shape index (κ2) is 4.61. The van der Waals surface area contributed by atoms with Gasteiger partial charge in [0.2, 0.25) is 16.8 Å². The molecule has 1 aromatic carbocycles. The van der Waals surface area contributed by atoms with Crippen molar-refractivity contribution in [2.75, 3.05) is 19.9 Å². The maximum atomic E-state index is 12.7. The maximum absolute atomic E-state index is 12.7. The highest BCUT2D eigenvalue weighted by Gasteiger charge is 2.36. The Morgan fingerprint density at radius 3 is 2.50 bits per heavy atom. The van der Waals surface area contributed by atoms with E-state index in [1.165, 1.54) is 4.31 Å². The third kappa shape index (κ3) is 2.06. The van der Waals surface area contributed by atoms with Crippen molar-refractivity contribution >= 4 is 10.0 Å². The van der Waals surface area contributed by atoms with Gasteiger partial charge in [-0.05, 0) is 24.5 Å². The average Bonchev–Trinajstić information content (AvgIpc) is 2.95. The number of ether oxygens (including phenoxy) is 2. The summed E-state index contributed by atoms with van der Waals surface area (Å²) in [7, 11) is -3.54. The number of nitrogens with two attached hydrogens (primary N) is 1. The van der Waals surface area contributed by atoms with E-state index < -0.39 is 10.0 Å². The molecule has 0 aromatic heterocycles. The van der Waals surface area contributed by atoms with E-state index in [1.807, 2.05) is 6.92 Å². The van der Waals surface area contributed by atoms with E-state index in [0.29, 0.717) is 30.2 Å². The van der Waals surface area contributed by atoms with Gasteiger partial charge in [-0.15, -0.1) is 0 Å². The Morgan fingerprint density at radius 1 is 1.25 bits per heavy atom. The summed E-state index contributed by atoms with van der Waals surface area (Å²) < 4.78 is 37.4. The summed E-state index contributed by atoms with van der Waals surface area (Å²) in [6.45, 7) is 4.67. The average molecular weight is 298 g/mol. The van der Waals surface area contributed by atoms with Crippen molar-refractivity contribution in [2.24, 2.45) is 11.7 Å². The Balaban J connectivity index is 2.00. The fraction of sp³-hybridized carbons (Fsp3) is 0.538. The number of rotatable bonds is 2. The third-order valence-corrected chi connectivity index (χ3v) is 5.90. The number of fused-ring (bicyclic) bond motifs is 1. The Morgan fingerprint density at radius 2 is 1.90 bits per heavy atom. The second-order valence-corrected chi connectivity index (χ2v) is 7.34. The van der Waals surface area contributed by atoms with Crippen LogP contribution in [-0.4, -0.2) is 38.6 Å².